The Morgan fingerprint density at radius 2 is 2.00 bits per heavy atom. The van der Waals surface area contributed by atoms with Crippen LogP contribution in [0, 0.1) is 0 Å². The largest absolute Gasteiger partial charge is 0.368 e. The molecule has 1 aromatic carbocycles. The van der Waals surface area contributed by atoms with E-state index in [0.717, 1.165) is 29.4 Å². The highest BCUT2D eigenvalue weighted by Gasteiger charge is 2.26. The first kappa shape index (κ1) is 13.9. The van der Waals surface area contributed by atoms with Gasteiger partial charge in [0, 0.05) is 36.7 Å². The summed E-state index contributed by atoms with van der Waals surface area (Å²) in [6.07, 6.45) is 3.59. The van der Waals surface area contributed by atoms with Gasteiger partial charge in [-0.05, 0) is 25.0 Å². The molecule has 2 aromatic heterocycles. The van der Waals surface area contributed by atoms with Crippen LogP contribution in [0.3, 0.4) is 0 Å². The van der Waals surface area contributed by atoms with Crippen LogP contribution in [0.5, 0.6) is 0 Å². The number of carbonyl (C=O) groups is 1. The molecule has 1 saturated heterocycles. The second-order valence-corrected chi connectivity index (χ2v) is 5.94. The zero-order chi connectivity index (χ0) is 15.8. The molecule has 3 heterocycles. The van der Waals surface area contributed by atoms with Gasteiger partial charge in [-0.15, -0.1) is 0 Å². The Hall–Kier alpha value is -2.76. The lowest BCUT2D eigenvalue weighted by Crippen LogP contribution is -2.40. The van der Waals surface area contributed by atoms with Crippen molar-refractivity contribution in [2.24, 2.45) is 0 Å². The van der Waals surface area contributed by atoms with E-state index in [1.165, 1.54) is 0 Å². The number of fused-ring (bicyclic) bond motifs is 1. The molecule has 2 N–H and O–H groups in total. The number of nitrogen functional groups attached to an aromatic ring is 1. The third-order valence-electron chi connectivity index (χ3n) is 4.54. The average Bonchev–Trinajstić information content (AvgIpc) is 3.21. The highest BCUT2D eigenvalue weighted by atomic mass is 16.5. The summed E-state index contributed by atoms with van der Waals surface area (Å²) in [5, 5.41) is 5.07. The molecule has 0 spiro atoms. The van der Waals surface area contributed by atoms with Crippen LogP contribution in [-0.2, 0) is 0 Å². The monoisotopic (exact) mass is 310 g/mol. The summed E-state index contributed by atoms with van der Waals surface area (Å²) in [7, 11) is 0. The number of benzene rings is 1. The van der Waals surface area contributed by atoms with Crippen molar-refractivity contribution in [2.45, 2.75) is 18.8 Å². The molecule has 1 fully saturated rings. The van der Waals surface area contributed by atoms with Crippen LogP contribution < -0.4 is 5.73 Å². The quantitative estimate of drug-likeness (QED) is 0.749. The van der Waals surface area contributed by atoms with E-state index < -0.39 is 0 Å². The second-order valence-electron chi connectivity index (χ2n) is 5.94. The Bertz CT molecular complexity index is 843. The molecular weight excluding hydrogens is 292 g/mol. The number of hydrogen-bond donors (Lipinski definition) is 1. The number of anilines is 1. The molecule has 0 atom stereocenters. The van der Waals surface area contributed by atoms with E-state index in [-0.39, 0.29) is 6.03 Å². The number of amides is 1. The highest BCUT2D eigenvalue weighted by Crippen LogP contribution is 2.29. The zero-order valence-corrected chi connectivity index (χ0v) is 12.7. The van der Waals surface area contributed by atoms with Gasteiger partial charge in [0.05, 0.1) is 11.2 Å². The first-order valence-electron chi connectivity index (χ1n) is 7.80. The number of para-hydroxylation sites is 1. The SMILES string of the molecule is Nc1cc(C2CCN(C(=O)n3ccc4ccccc43)CC2)no1. The maximum absolute atomic E-state index is 12.8. The number of piperidine rings is 1. The van der Waals surface area contributed by atoms with E-state index >= 15 is 0 Å². The fourth-order valence-corrected chi connectivity index (χ4v) is 3.26. The van der Waals surface area contributed by atoms with Crippen LogP contribution in [-0.4, -0.2) is 33.7 Å². The molecule has 0 radical (unpaired) electrons. The summed E-state index contributed by atoms with van der Waals surface area (Å²) in [6, 6.07) is 11.7. The van der Waals surface area contributed by atoms with Gasteiger partial charge in [0.2, 0.25) is 5.88 Å². The van der Waals surface area contributed by atoms with Crippen molar-refractivity contribution in [3.05, 3.63) is 48.3 Å². The van der Waals surface area contributed by atoms with E-state index in [9.17, 15) is 4.79 Å². The fraction of sp³-hybridized carbons (Fsp3) is 0.294. The van der Waals surface area contributed by atoms with E-state index in [0.29, 0.717) is 24.9 Å². The highest BCUT2D eigenvalue weighted by molar-refractivity contribution is 5.91. The maximum Gasteiger partial charge on any atom is 0.328 e. The number of likely N-dealkylation sites (tertiary alicyclic amines) is 1. The van der Waals surface area contributed by atoms with Crippen molar-refractivity contribution < 1.29 is 9.32 Å². The third kappa shape index (κ3) is 2.46. The average molecular weight is 310 g/mol. The smallest absolute Gasteiger partial charge is 0.328 e. The number of nitrogens with two attached hydrogens (primary N) is 1. The Balaban J connectivity index is 1.49. The molecule has 23 heavy (non-hydrogen) atoms. The van der Waals surface area contributed by atoms with Crippen molar-refractivity contribution in [1.29, 1.82) is 0 Å². The number of hydrogen-bond acceptors (Lipinski definition) is 4. The summed E-state index contributed by atoms with van der Waals surface area (Å²) >= 11 is 0. The van der Waals surface area contributed by atoms with Crippen molar-refractivity contribution in [3.63, 3.8) is 0 Å². The molecule has 118 valence electrons. The summed E-state index contributed by atoms with van der Waals surface area (Å²) in [5.41, 5.74) is 7.42. The van der Waals surface area contributed by atoms with E-state index in [1.807, 2.05) is 41.4 Å². The van der Waals surface area contributed by atoms with E-state index in [2.05, 4.69) is 5.16 Å². The van der Waals surface area contributed by atoms with Gasteiger partial charge < -0.3 is 15.2 Å². The van der Waals surface area contributed by atoms with Gasteiger partial charge in [-0.25, -0.2) is 4.79 Å². The van der Waals surface area contributed by atoms with Crippen molar-refractivity contribution in [2.75, 3.05) is 18.8 Å². The van der Waals surface area contributed by atoms with Gasteiger partial charge in [-0.1, -0.05) is 23.4 Å². The molecule has 6 heteroatoms. The van der Waals surface area contributed by atoms with Gasteiger partial charge in [-0.3, -0.25) is 4.57 Å². The number of rotatable bonds is 1. The van der Waals surface area contributed by atoms with Gasteiger partial charge in [0.25, 0.3) is 0 Å². The van der Waals surface area contributed by atoms with Crippen LogP contribution in [0.4, 0.5) is 10.7 Å². The summed E-state index contributed by atoms with van der Waals surface area (Å²) in [6.45, 7) is 1.42. The first-order chi connectivity index (χ1) is 11.2. The molecule has 1 aliphatic heterocycles. The first-order valence-corrected chi connectivity index (χ1v) is 7.80. The summed E-state index contributed by atoms with van der Waals surface area (Å²) in [5.74, 6) is 0.652. The van der Waals surface area contributed by atoms with Crippen LogP contribution in [0.1, 0.15) is 24.5 Å². The molecule has 0 unspecified atom stereocenters. The Kier molecular flexibility index (Phi) is 3.29. The summed E-state index contributed by atoms with van der Waals surface area (Å²) < 4.78 is 6.67. The molecule has 0 aliphatic carbocycles. The Morgan fingerprint density at radius 1 is 1.22 bits per heavy atom. The number of aromatic nitrogens is 2. The fourth-order valence-electron chi connectivity index (χ4n) is 3.26. The molecule has 3 aromatic rings. The van der Waals surface area contributed by atoms with Crippen LogP contribution in [0.2, 0.25) is 0 Å². The predicted molar refractivity (Wildman–Crippen MR) is 87.2 cm³/mol. The minimum absolute atomic E-state index is 0.0318. The van der Waals surface area contributed by atoms with Crippen LogP contribution in [0.25, 0.3) is 10.9 Å². The van der Waals surface area contributed by atoms with Gasteiger partial charge >= 0.3 is 6.03 Å². The lowest BCUT2D eigenvalue weighted by Gasteiger charge is -2.31. The van der Waals surface area contributed by atoms with Crippen LogP contribution >= 0.6 is 0 Å². The van der Waals surface area contributed by atoms with Gasteiger partial charge in [-0.2, -0.15) is 0 Å². The summed E-state index contributed by atoms with van der Waals surface area (Å²) in [4.78, 5) is 14.7. The Labute approximate surface area is 133 Å². The maximum atomic E-state index is 12.8. The standard InChI is InChI=1S/C17H18N4O2/c18-16-11-14(19-23-16)12-5-8-20(9-6-12)17(22)21-10-7-13-3-1-2-4-15(13)21/h1-4,7,10-12H,5-6,8-9,18H2. The van der Waals surface area contributed by atoms with Crippen molar-refractivity contribution in [3.8, 4) is 0 Å². The number of nitrogens with zero attached hydrogens (tertiary/aromatic N) is 3. The topological polar surface area (TPSA) is 77.3 Å². The minimum Gasteiger partial charge on any atom is -0.368 e. The van der Waals surface area contributed by atoms with Crippen molar-refractivity contribution in [1.82, 2.24) is 14.6 Å². The third-order valence-corrected chi connectivity index (χ3v) is 4.54. The predicted octanol–water partition coefficient (Wildman–Crippen LogP) is 3.06. The van der Waals surface area contributed by atoms with Gasteiger partial charge in [0.1, 0.15) is 0 Å². The molecule has 4 rings (SSSR count). The molecule has 0 bridgehead atoms. The number of carbonyl (C=O) groups excluding carboxylic acids is 1. The van der Waals surface area contributed by atoms with Gasteiger partial charge in [0.15, 0.2) is 0 Å². The zero-order valence-electron chi connectivity index (χ0n) is 12.7. The molecule has 1 aliphatic rings. The van der Waals surface area contributed by atoms with Crippen LogP contribution in [0.15, 0.2) is 47.1 Å². The van der Waals surface area contributed by atoms with Crippen molar-refractivity contribution >= 4 is 22.8 Å². The van der Waals surface area contributed by atoms with E-state index in [1.54, 1.807) is 10.6 Å². The molecule has 0 saturated carbocycles. The lowest BCUT2D eigenvalue weighted by atomic mass is 9.94. The normalized spacial score (nSPS) is 16.1. The van der Waals surface area contributed by atoms with E-state index in [4.69, 9.17) is 10.3 Å². The molecular formula is C17H18N4O2. The minimum atomic E-state index is 0.0318. The molecule has 1 amide bonds. The Morgan fingerprint density at radius 3 is 2.74 bits per heavy atom. The molecule has 6 nitrogen and oxygen atoms in total. The second kappa shape index (κ2) is 5.46. The lowest BCUT2D eigenvalue weighted by molar-refractivity contribution is 0.183.